The molecule has 0 aliphatic heterocycles. The van der Waals surface area contributed by atoms with Crippen LogP contribution in [-0.2, 0) is 19.1 Å². The SMILES string of the molecule is CC/C=C\C/C=C\C/C=C\C/C=C\C/C=C\C/C=C\CCCCCCCCCCCCCCC(=O)OC(CO)COC(=O)CCCCCCCCCCCCCCCCCCCCCCCCCCCCCCCCCCCCCCCCCC. The molecule has 0 bridgehead atoms. The minimum atomic E-state index is -0.776. The zero-order valence-corrected chi connectivity index (χ0v) is 57.1. The second-order valence-electron chi connectivity index (χ2n) is 25.7. The largest absolute Gasteiger partial charge is 0.462 e. The highest BCUT2D eigenvalue weighted by atomic mass is 16.6. The Labute approximate surface area is 531 Å². The lowest BCUT2D eigenvalue weighted by Crippen LogP contribution is -2.28. The lowest BCUT2D eigenvalue weighted by molar-refractivity contribution is -0.161. The molecule has 5 heteroatoms. The molecule has 496 valence electrons. The van der Waals surface area contributed by atoms with Gasteiger partial charge in [-0.05, 0) is 64.2 Å². The molecule has 0 saturated heterocycles. The van der Waals surface area contributed by atoms with Crippen LogP contribution in [0.5, 0.6) is 0 Å². The summed E-state index contributed by atoms with van der Waals surface area (Å²) in [6, 6.07) is 0. The molecule has 0 aliphatic carbocycles. The van der Waals surface area contributed by atoms with Crippen molar-refractivity contribution >= 4 is 11.9 Å². The van der Waals surface area contributed by atoms with Crippen LogP contribution in [-0.4, -0.2) is 36.4 Å². The number of carbonyl (C=O) groups is 2. The maximum atomic E-state index is 12.4. The highest BCUT2D eigenvalue weighted by molar-refractivity contribution is 5.70. The van der Waals surface area contributed by atoms with Crippen LogP contribution in [0, 0.1) is 0 Å². The first kappa shape index (κ1) is 82.3. The van der Waals surface area contributed by atoms with Crippen LogP contribution in [0.1, 0.15) is 406 Å². The maximum Gasteiger partial charge on any atom is 0.306 e. The van der Waals surface area contributed by atoms with E-state index in [1.54, 1.807) is 0 Å². The Kier molecular flexibility index (Phi) is 73.2. The Morgan fingerprint density at radius 3 is 0.765 bits per heavy atom. The molecule has 0 saturated carbocycles. The van der Waals surface area contributed by atoms with Crippen molar-refractivity contribution in [2.75, 3.05) is 13.2 Å². The fourth-order valence-corrected chi connectivity index (χ4v) is 11.6. The number of unbranched alkanes of at least 4 members (excludes halogenated alkanes) is 51. The van der Waals surface area contributed by atoms with Crippen LogP contribution in [0.15, 0.2) is 72.9 Å². The summed E-state index contributed by atoms with van der Waals surface area (Å²) < 4.78 is 10.8. The monoisotopic (exact) mass is 1190 g/mol. The van der Waals surface area contributed by atoms with Gasteiger partial charge in [-0.25, -0.2) is 0 Å². The normalized spacial score (nSPS) is 12.6. The van der Waals surface area contributed by atoms with Gasteiger partial charge in [0.25, 0.3) is 0 Å². The molecule has 1 unspecified atom stereocenters. The fraction of sp³-hybridized carbons (Fsp3) is 0.825. The summed E-state index contributed by atoms with van der Waals surface area (Å²) >= 11 is 0. The van der Waals surface area contributed by atoms with Gasteiger partial charge in [0.15, 0.2) is 6.10 Å². The number of aliphatic hydroxyl groups excluding tert-OH is 1. The van der Waals surface area contributed by atoms with E-state index in [2.05, 4.69) is 86.8 Å². The summed E-state index contributed by atoms with van der Waals surface area (Å²) in [6.45, 7) is 4.08. The Morgan fingerprint density at radius 2 is 0.506 bits per heavy atom. The average molecular weight is 1190 g/mol. The molecule has 0 amide bonds. The standard InChI is InChI=1S/C80H146O5/c1-3-5-7-9-11-13-15-17-19-21-23-25-27-29-31-33-35-36-37-38-39-40-41-42-43-45-46-48-50-52-54-56-58-60-62-64-66-68-70-72-74-79(82)84-77-78(76-81)85-80(83)75-73-71-69-67-65-63-61-59-57-55-53-51-49-47-44-34-32-30-28-26-24-22-20-18-16-14-12-10-8-6-4-2/h6,8,12,14,18,20,24,26,30,32,44,47,78,81H,3-5,7,9-11,13,15-17,19,21-23,25,27-29,31,33-43,45-46,48-77H2,1-2H3/b8-6-,14-12-,20-18-,26-24-,32-30-,47-44-. The van der Waals surface area contributed by atoms with Gasteiger partial charge in [-0.3, -0.25) is 9.59 Å². The summed E-state index contributed by atoms with van der Waals surface area (Å²) in [6.07, 6.45) is 105. The van der Waals surface area contributed by atoms with Crippen LogP contribution in [0.25, 0.3) is 0 Å². The number of aliphatic hydroxyl groups is 1. The van der Waals surface area contributed by atoms with Crippen LogP contribution < -0.4 is 0 Å². The van der Waals surface area contributed by atoms with Gasteiger partial charge in [0, 0.05) is 12.8 Å². The Hall–Kier alpha value is -2.66. The van der Waals surface area contributed by atoms with E-state index in [-0.39, 0.29) is 25.2 Å². The van der Waals surface area contributed by atoms with Crippen molar-refractivity contribution in [3.63, 3.8) is 0 Å². The van der Waals surface area contributed by atoms with E-state index < -0.39 is 6.10 Å². The van der Waals surface area contributed by atoms with Crippen molar-refractivity contribution in [1.29, 1.82) is 0 Å². The molecule has 1 N–H and O–H groups in total. The zero-order chi connectivity index (χ0) is 61.2. The molecule has 0 fully saturated rings. The number of allylic oxidation sites excluding steroid dienone is 12. The Morgan fingerprint density at radius 1 is 0.282 bits per heavy atom. The van der Waals surface area contributed by atoms with Gasteiger partial charge in [-0.1, -0.05) is 401 Å². The predicted molar refractivity (Wildman–Crippen MR) is 376 cm³/mol. The third kappa shape index (κ3) is 73.7. The minimum absolute atomic E-state index is 0.0643. The molecule has 0 rings (SSSR count). The number of hydrogen-bond donors (Lipinski definition) is 1. The Bertz CT molecular complexity index is 1490. The van der Waals surface area contributed by atoms with Crippen LogP contribution >= 0.6 is 0 Å². The average Bonchev–Trinajstić information content (AvgIpc) is 3.51. The van der Waals surface area contributed by atoms with Crippen molar-refractivity contribution in [2.24, 2.45) is 0 Å². The maximum absolute atomic E-state index is 12.4. The molecule has 0 aromatic heterocycles. The van der Waals surface area contributed by atoms with Gasteiger partial charge >= 0.3 is 11.9 Å². The second-order valence-corrected chi connectivity index (χ2v) is 25.7. The lowest BCUT2D eigenvalue weighted by atomic mass is 10.0. The first-order chi connectivity index (χ1) is 42.1. The topological polar surface area (TPSA) is 72.8 Å². The number of ether oxygens (including phenoxy) is 2. The summed E-state index contributed by atoms with van der Waals surface area (Å²) in [5.74, 6) is -0.576. The van der Waals surface area contributed by atoms with E-state index in [1.807, 2.05) is 0 Å². The van der Waals surface area contributed by atoms with Gasteiger partial charge in [-0.2, -0.15) is 0 Å². The van der Waals surface area contributed by atoms with E-state index >= 15 is 0 Å². The van der Waals surface area contributed by atoms with Gasteiger partial charge in [-0.15, -0.1) is 0 Å². The number of carbonyl (C=O) groups excluding carboxylic acids is 2. The molecule has 0 spiro atoms. The van der Waals surface area contributed by atoms with E-state index in [0.717, 1.165) is 77.0 Å². The zero-order valence-electron chi connectivity index (χ0n) is 57.1. The summed E-state index contributed by atoms with van der Waals surface area (Å²) in [5.41, 5.74) is 0. The van der Waals surface area contributed by atoms with E-state index in [9.17, 15) is 14.7 Å². The van der Waals surface area contributed by atoms with E-state index in [1.165, 1.54) is 302 Å². The molecular formula is C80H146O5. The van der Waals surface area contributed by atoms with Crippen LogP contribution in [0.2, 0.25) is 0 Å². The first-order valence-electron chi connectivity index (χ1n) is 38.0. The van der Waals surface area contributed by atoms with E-state index in [4.69, 9.17) is 9.47 Å². The minimum Gasteiger partial charge on any atom is -0.462 e. The number of esters is 2. The Balaban J connectivity index is 3.39. The lowest BCUT2D eigenvalue weighted by Gasteiger charge is -2.15. The van der Waals surface area contributed by atoms with Gasteiger partial charge in [0.1, 0.15) is 6.61 Å². The highest BCUT2D eigenvalue weighted by Gasteiger charge is 2.16. The third-order valence-corrected chi connectivity index (χ3v) is 17.3. The quantitative estimate of drug-likeness (QED) is 0.0373. The molecule has 85 heavy (non-hydrogen) atoms. The molecule has 0 aliphatic rings. The fourth-order valence-electron chi connectivity index (χ4n) is 11.6. The second kappa shape index (κ2) is 75.6. The van der Waals surface area contributed by atoms with E-state index in [0.29, 0.717) is 12.8 Å². The predicted octanol–water partition coefficient (Wildman–Crippen LogP) is 26.6. The summed E-state index contributed by atoms with van der Waals surface area (Å²) in [7, 11) is 0. The molecular weight excluding hydrogens is 1040 g/mol. The van der Waals surface area contributed by atoms with Crippen LogP contribution in [0.4, 0.5) is 0 Å². The number of rotatable bonds is 71. The molecule has 1 atom stereocenters. The number of hydrogen-bond acceptors (Lipinski definition) is 5. The van der Waals surface area contributed by atoms with Crippen molar-refractivity contribution < 1.29 is 24.2 Å². The first-order valence-corrected chi connectivity index (χ1v) is 38.0. The highest BCUT2D eigenvalue weighted by Crippen LogP contribution is 2.20. The van der Waals surface area contributed by atoms with Gasteiger partial charge < -0.3 is 14.6 Å². The summed E-state index contributed by atoms with van der Waals surface area (Å²) in [5, 5.41) is 9.71. The summed E-state index contributed by atoms with van der Waals surface area (Å²) in [4.78, 5) is 24.7. The van der Waals surface area contributed by atoms with Crippen molar-refractivity contribution in [2.45, 2.75) is 412 Å². The molecule has 0 aromatic rings. The van der Waals surface area contributed by atoms with Crippen molar-refractivity contribution in [1.82, 2.24) is 0 Å². The van der Waals surface area contributed by atoms with Gasteiger partial charge in [0.2, 0.25) is 0 Å². The third-order valence-electron chi connectivity index (χ3n) is 17.3. The smallest absolute Gasteiger partial charge is 0.306 e. The van der Waals surface area contributed by atoms with Crippen molar-refractivity contribution in [3.05, 3.63) is 72.9 Å². The van der Waals surface area contributed by atoms with Crippen LogP contribution in [0.3, 0.4) is 0 Å². The van der Waals surface area contributed by atoms with Gasteiger partial charge in [0.05, 0.1) is 6.61 Å². The molecule has 5 nitrogen and oxygen atoms in total. The molecule has 0 aromatic carbocycles. The molecule has 0 heterocycles. The van der Waals surface area contributed by atoms with Crippen molar-refractivity contribution in [3.8, 4) is 0 Å². The molecule has 0 radical (unpaired) electrons.